The minimum Gasteiger partial charge on any atom is -0.497 e. The van der Waals surface area contributed by atoms with E-state index in [0.717, 1.165) is 17.0 Å². The van der Waals surface area contributed by atoms with Gasteiger partial charge in [0.25, 0.3) is 0 Å². The van der Waals surface area contributed by atoms with Crippen LogP contribution < -0.4 is 15.4 Å². The van der Waals surface area contributed by atoms with Crippen LogP contribution in [0.5, 0.6) is 5.75 Å². The lowest BCUT2D eigenvalue weighted by Crippen LogP contribution is -2.31. The van der Waals surface area contributed by atoms with Gasteiger partial charge in [-0.05, 0) is 48.9 Å². The summed E-state index contributed by atoms with van der Waals surface area (Å²) in [4.78, 5) is 16.2. The number of urea groups is 1. The summed E-state index contributed by atoms with van der Waals surface area (Å²) in [6.45, 7) is 1.94. The van der Waals surface area contributed by atoms with Crippen molar-refractivity contribution in [3.63, 3.8) is 0 Å². The minimum absolute atomic E-state index is 0.116. The first-order valence-electron chi connectivity index (χ1n) is 7.95. The van der Waals surface area contributed by atoms with Gasteiger partial charge in [-0.2, -0.15) is 0 Å². The first-order valence-corrected chi connectivity index (χ1v) is 7.95. The van der Waals surface area contributed by atoms with E-state index in [1.54, 1.807) is 43.9 Å². The number of rotatable bonds is 5. The molecule has 1 aromatic heterocycles. The normalized spacial score (nSPS) is 11.6. The third kappa shape index (κ3) is 4.17. The SMILES string of the molecule is COc1ccc(NC(=O)NC(C)c2ccc(-n3ccnc3)cc2)cc1. The Morgan fingerprint density at radius 2 is 1.84 bits per heavy atom. The maximum atomic E-state index is 12.1. The molecule has 0 spiro atoms. The Morgan fingerprint density at radius 1 is 1.12 bits per heavy atom. The number of nitrogens with zero attached hydrogens (tertiary/aromatic N) is 2. The average Bonchev–Trinajstić information content (AvgIpc) is 3.17. The number of imidazole rings is 1. The summed E-state index contributed by atoms with van der Waals surface area (Å²) in [6.07, 6.45) is 5.37. The molecule has 2 amide bonds. The van der Waals surface area contributed by atoms with E-state index < -0.39 is 0 Å². The smallest absolute Gasteiger partial charge is 0.319 e. The maximum Gasteiger partial charge on any atom is 0.319 e. The summed E-state index contributed by atoms with van der Waals surface area (Å²) in [5, 5.41) is 5.74. The van der Waals surface area contributed by atoms with E-state index in [1.807, 2.05) is 42.0 Å². The molecular weight excluding hydrogens is 316 g/mol. The topological polar surface area (TPSA) is 68.2 Å². The largest absolute Gasteiger partial charge is 0.497 e. The number of hydrogen-bond donors (Lipinski definition) is 2. The van der Waals surface area contributed by atoms with Crippen LogP contribution in [0.15, 0.2) is 67.3 Å². The molecule has 1 heterocycles. The molecule has 1 unspecified atom stereocenters. The molecule has 6 heteroatoms. The van der Waals surface area contributed by atoms with Crippen molar-refractivity contribution >= 4 is 11.7 Å². The minimum atomic E-state index is -0.253. The number of benzene rings is 2. The van der Waals surface area contributed by atoms with Crippen LogP contribution in [-0.4, -0.2) is 22.7 Å². The third-order valence-corrected chi connectivity index (χ3v) is 3.89. The summed E-state index contributed by atoms with van der Waals surface area (Å²) >= 11 is 0. The molecule has 0 fully saturated rings. The molecule has 0 saturated heterocycles. The van der Waals surface area contributed by atoms with Crippen molar-refractivity contribution in [1.82, 2.24) is 14.9 Å². The van der Waals surface area contributed by atoms with E-state index in [-0.39, 0.29) is 12.1 Å². The van der Waals surface area contributed by atoms with Gasteiger partial charge in [-0.25, -0.2) is 9.78 Å². The Labute approximate surface area is 146 Å². The summed E-state index contributed by atoms with van der Waals surface area (Å²) in [5.41, 5.74) is 2.76. The number of amides is 2. The second-order valence-electron chi connectivity index (χ2n) is 5.61. The molecule has 25 heavy (non-hydrogen) atoms. The van der Waals surface area contributed by atoms with E-state index in [0.29, 0.717) is 5.69 Å². The van der Waals surface area contributed by atoms with Crippen LogP contribution >= 0.6 is 0 Å². The van der Waals surface area contributed by atoms with Crippen molar-refractivity contribution < 1.29 is 9.53 Å². The van der Waals surface area contributed by atoms with Gasteiger partial charge in [0, 0.05) is 23.8 Å². The quantitative estimate of drug-likeness (QED) is 0.745. The average molecular weight is 336 g/mol. The van der Waals surface area contributed by atoms with Crippen molar-refractivity contribution in [1.29, 1.82) is 0 Å². The number of anilines is 1. The van der Waals surface area contributed by atoms with E-state index in [2.05, 4.69) is 15.6 Å². The van der Waals surface area contributed by atoms with Crippen LogP contribution in [0.3, 0.4) is 0 Å². The number of ether oxygens (including phenoxy) is 1. The van der Waals surface area contributed by atoms with Gasteiger partial charge in [0.2, 0.25) is 0 Å². The number of hydrogen-bond acceptors (Lipinski definition) is 3. The Bertz CT molecular complexity index is 812. The molecule has 0 bridgehead atoms. The monoisotopic (exact) mass is 336 g/mol. The summed E-state index contributed by atoms with van der Waals surface area (Å²) in [5.74, 6) is 0.748. The lowest BCUT2D eigenvalue weighted by molar-refractivity contribution is 0.249. The molecule has 1 atom stereocenters. The molecule has 128 valence electrons. The van der Waals surface area contributed by atoms with Crippen LogP contribution in [0.1, 0.15) is 18.5 Å². The van der Waals surface area contributed by atoms with Gasteiger partial charge in [-0.3, -0.25) is 0 Å². The summed E-state index contributed by atoms with van der Waals surface area (Å²) in [7, 11) is 1.61. The predicted octanol–water partition coefficient (Wildman–Crippen LogP) is 3.76. The van der Waals surface area contributed by atoms with E-state index >= 15 is 0 Å². The number of aromatic nitrogens is 2. The highest BCUT2D eigenvalue weighted by Gasteiger charge is 2.10. The zero-order valence-electron chi connectivity index (χ0n) is 14.1. The first-order chi connectivity index (χ1) is 12.2. The van der Waals surface area contributed by atoms with Gasteiger partial charge in [0.1, 0.15) is 5.75 Å². The van der Waals surface area contributed by atoms with Gasteiger partial charge in [-0.15, -0.1) is 0 Å². The molecule has 2 aromatic carbocycles. The fraction of sp³-hybridized carbons (Fsp3) is 0.158. The maximum absolute atomic E-state index is 12.1. The van der Waals surface area contributed by atoms with E-state index in [4.69, 9.17) is 4.74 Å². The molecule has 3 rings (SSSR count). The molecule has 0 saturated carbocycles. The van der Waals surface area contributed by atoms with Gasteiger partial charge in [0.05, 0.1) is 19.5 Å². The number of carbonyl (C=O) groups is 1. The Hall–Kier alpha value is -3.28. The lowest BCUT2D eigenvalue weighted by Gasteiger charge is -2.16. The molecule has 6 nitrogen and oxygen atoms in total. The van der Waals surface area contributed by atoms with Crippen LogP contribution in [0.4, 0.5) is 10.5 Å². The van der Waals surface area contributed by atoms with E-state index in [9.17, 15) is 4.79 Å². The van der Waals surface area contributed by atoms with Crippen molar-refractivity contribution in [2.24, 2.45) is 0 Å². The Morgan fingerprint density at radius 3 is 2.44 bits per heavy atom. The van der Waals surface area contributed by atoms with Crippen LogP contribution in [0.25, 0.3) is 5.69 Å². The fourth-order valence-electron chi connectivity index (χ4n) is 2.47. The van der Waals surface area contributed by atoms with Crippen molar-refractivity contribution in [2.75, 3.05) is 12.4 Å². The second kappa shape index (κ2) is 7.53. The summed E-state index contributed by atoms with van der Waals surface area (Å²) in [6, 6.07) is 14.8. The highest BCUT2D eigenvalue weighted by molar-refractivity contribution is 5.89. The summed E-state index contributed by atoms with van der Waals surface area (Å²) < 4.78 is 7.03. The number of nitrogens with one attached hydrogen (secondary N) is 2. The lowest BCUT2D eigenvalue weighted by atomic mass is 10.1. The highest BCUT2D eigenvalue weighted by atomic mass is 16.5. The standard InChI is InChI=1S/C19H20N4O2/c1-14(15-3-7-17(8-4-15)23-12-11-20-13-23)21-19(24)22-16-5-9-18(25-2)10-6-16/h3-14H,1-2H3,(H2,21,22,24). The first kappa shape index (κ1) is 16.6. The van der Waals surface area contributed by atoms with Gasteiger partial charge >= 0.3 is 6.03 Å². The molecule has 0 aliphatic carbocycles. The molecule has 0 radical (unpaired) electrons. The Balaban J connectivity index is 1.59. The zero-order valence-corrected chi connectivity index (χ0v) is 14.1. The van der Waals surface area contributed by atoms with Crippen molar-refractivity contribution in [3.8, 4) is 11.4 Å². The molecule has 3 aromatic rings. The van der Waals surface area contributed by atoms with Crippen molar-refractivity contribution in [3.05, 3.63) is 72.8 Å². The highest BCUT2D eigenvalue weighted by Crippen LogP contribution is 2.17. The van der Waals surface area contributed by atoms with E-state index in [1.165, 1.54) is 0 Å². The molecule has 0 aliphatic rings. The Kier molecular flexibility index (Phi) is 4.99. The fourth-order valence-corrected chi connectivity index (χ4v) is 2.47. The van der Waals surface area contributed by atoms with Crippen LogP contribution in [-0.2, 0) is 0 Å². The predicted molar refractivity (Wildman–Crippen MR) is 97.1 cm³/mol. The van der Waals surface area contributed by atoms with Crippen molar-refractivity contribution in [2.45, 2.75) is 13.0 Å². The third-order valence-electron chi connectivity index (χ3n) is 3.89. The van der Waals surface area contributed by atoms with Crippen LogP contribution in [0, 0.1) is 0 Å². The number of carbonyl (C=O) groups excluding carboxylic acids is 1. The molecule has 2 N–H and O–H groups in total. The van der Waals surface area contributed by atoms with Gasteiger partial charge < -0.3 is 19.9 Å². The molecular formula is C19H20N4O2. The zero-order chi connectivity index (χ0) is 17.6. The van der Waals surface area contributed by atoms with Crippen LogP contribution in [0.2, 0.25) is 0 Å². The number of methoxy groups -OCH3 is 1. The van der Waals surface area contributed by atoms with Gasteiger partial charge in [-0.1, -0.05) is 12.1 Å². The second-order valence-corrected chi connectivity index (χ2v) is 5.61. The molecule has 0 aliphatic heterocycles. The van der Waals surface area contributed by atoms with Gasteiger partial charge in [0.15, 0.2) is 0 Å².